The molecule has 1 aromatic heterocycles. The van der Waals surface area contributed by atoms with Crippen LogP contribution < -0.4 is 5.32 Å². The molecule has 2 aromatic carbocycles. The van der Waals surface area contributed by atoms with Gasteiger partial charge in [-0.15, -0.1) is 0 Å². The Kier molecular flexibility index (Phi) is 3.70. The smallest absolute Gasteiger partial charge is 0.0407 e. The fourth-order valence-corrected chi connectivity index (χ4v) is 2.84. The van der Waals surface area contributed by atoms with Crippen molar-refractivity contribution in [1.29, 1.82) is 0 Å². The summed E-state index contributed by atoms with van der Waals surface area (Å²) in [7, 11) is 0. The van der Waals surface area contributed by atoms with Crippen molar-refractivity contribution in [2.75, 3.05) is 5.32 Å². The van der Waals surface area contributed by atoms with Crippen LogP contribution in [0.1, 0.15) is 11.1 Å². The summed E-state index contributed by atoms with van der Waals surface area (Å²) in [6.07, 6.45) is 3.75. The van der Waals surface area contributed by atoms with E-state index in [2.05, 4.69) is 75.6 Å². The molecule has 3 heteroatoms. The van der Waals surface area contributed by atoms with Crippen LogP contribution in [0.5, 0.6) is 0 Å². The van der Waals surface area contributed by atoms with Crippen molar-refractivity contribution in [3.8, 4) is 0 Å². The number of aromatic nitrogens is 1. The number of anilines is 1. The maximum absolute atomic E-state index is 4.17. The Bertz CT molecular complexity index is 748. The van der Waals surface area contributed by atoms with Crippen molar-refractivity contribution >= 4 is 32.4 Å². The van der Waals surface area contributed by atoms with Crippen LogP contribution in [-0.2, 0) is 6.54 Å². The first kappa shape index (κ1) is 13.1. The van der Waals surface area contributed by atoms with Crippen LogP contribution in [0.2, 0.25) is 0 Å². The van der Waals surface area contributed by atoms with Crippen LogP contribution in [0, 0.1) is 6.92 Å². The van der Waals surface area contributed by atoms with Gasteiger partial charge in [-0.1, -0.05) is 34.1 Å². The monoisotopic (exact) mass is 326 g/mol. The van der Waals surface area contributed by atoms with Gasteiger partial charge >= 0.3 is 0 Å². The third-order valence-corrected chi connectivity index (χ3v) is 3.92. The van der Waals surface area contributed by atoms with Crippen molar-refractivity contribution in [1.82, 2.24) is 4.98 Å². The molecule has 0 saturated heterocycles. The quantitative estimate of drug-likeness (QED) is 0.739. The largest absolute Gasteiger partial charge is 0.381 e. The van der Waals surface area contributed by atoms with Crippen LogP contribution in [0.15, 0.2) is 59.3 Å². The Morgan fingerprint density at radius 1 is 1.15 bits per heavy atom. The molecule has 3 rings (SSSR count). The van der Waals surface area contributed by atoms with E-state index in [9.17, 15) is 0 Å². The molecule has 0 spiro atoms. The zero-order valence-corrected chi connectivity index (χ0v) is 12.8. The fraction of sp³-hybridized carbons (Fsp3) is 0.118. The number of pyridine rings is 1. The molecule has 3 aromatic rings. The highest BCUT2D eigenvalue weighted by molar-refractivity contribution is 9.10. The van der Waals surface area contributed by atoms with Crippen molar-refractivity contribution in [2.45, 2.75) is 13.5 Å². The number of nitrogens with one attached hydrogen (secondary N) is 1. The van der Waals surface area contributed by atoms with Crippen LogP contribution >= 0.6 is 15.9 Å². The maximum atomic E-state index is 4.17. The summed E-state index contributed by atoms with van der Waals surface area (Å²) in [4.78, 5) is 4.17. The molecule has 0 aliphatic carbocycles. The standard InChI is InChI=1S/C17H15BrN2/c1-12-9-15(18)5-6-17(12)20-11-14-4-2-3-13-10-19-8-7-16(13)14/h2-10,20H,11H2,1H3. The third kappa shape index (κ3) is 2.68. The van der Waals surface area contributed by atoms with Gasteiger partial charge in [0.05, 0.1) is 0 Å². The Hall–Kier alpha value is -1.87. The number of aryl methyl sites for hydroxylation is 1. The van der Waals surface area contributed by atoms with E-state index in [0.29, 0.717) is 0 Å². The molecule has 0 aliphatic rings. The van der Waals surface area contributed by atoms with E-state index in [0.717, 1.165) is 11.0 Å². The number of hydrogen-bond acceptors (Lipinski definition) is 2. The molecule has 2 nitrogen and oxygen atoms in total. The Labute approximate surface area is 127 Å². The van der Waals surface area contributed by atoms with Gasteiger partial charge in [-0.05, 0) is 47.7 Å². The molecule has 20 heavy (non-hydrogen) atoms. The van der Waals surface area contributed by atoms with Gasteiger partial charge in [-0.25, -0.2) is 0 Å². The zero-order chi connectivity index (χ0) is 13.9. The molecule has 1 heterocycles. The van der Waals surface area contributed by atoms with E-state index in [1.807, 2.05) is 12.4 Å². The summed E-state index contributed by atoms with van der Waals surface area (Å²) in [5, 5.41) is 5.94. The molecule has 0 fully saturated rings. The lowest BCUT2D eigenvalue weighted by Gasteiger charge is -2.11. The number of hydrogen-bond donors (Lipinski definition) is 1. The van der Waals surface area contributed by atoms with Crippen LogP contribution in [0.25, 0.3) is 10.8 Å². The number of fused-ring (bicyclic) bond motifs is 1. The highest BCUT2D eigenvalue weighted by Crippen LogP contribution is 2.22. The maximum Gasteiger partial charge on any atom is 0.0407 e. The molecule has 0 amide bonds. The first-order chi connectivity index (χ1) is 9.74. The lowest BCUT2D eigenvalue weighted by atomic mass is 10.1. The second-order valence-electron chi connectivity index (χ2n) is 4.83. The minimum absolute atomic E-state index is 0.809. The lowest BCUT2D eigenvalue weighted by Crippen LogP contribution is -2.01. The van der Waals surface area contributed by atoms with Gasteiger partial charge in [0.15, 0.2) is 0 Å². The normalized spacial score (nSPS) is 10.7. The minimum atomic E-state index is 0.809. The van der Waals surface area contributed by atoms with Crippen molar-refractivity contribution in [2.24, 2.45) is 0 Å². The van der Waals surface area contributed by atoms with Crippen LogP contribution in [0.4, 0.5) is 5.69 Å². The predicted octanol–water partition coefficient (Wildman–Crippen LogP) is 4.92. The Morgan fingerprint density at radius 3 is 2.90 bits per heavy atom. The molecular weight excluding hydrogens is 312 g/mol. The SMILES string of the molecule is Cc1cc(Br)ccc1NCc1cccc2cnccc12. The second-order valence-corrected chi connectivity index (χ2v) is 5.74. The summed E-state index contributed by atoms with van der Waals surface area (Å²) in [6, 6.07) is 14.7. The zero-order valence-electron chi connectivity index (χ0n) is 11.2. The van der Waals surface area contributed by atoms with E-state index in [-0.39, 0.29) is 0 Å². The Morgan fingerprint density at radius 2 is 2.05 bits per heavy atom. The first-order valence-corrected chi connectivity index (χ1v) is 7.35. The van der Waals surface area contributed by atoms with Gasteiger partial charge in [-0.3, -0.25) is 4.98 Å². The highest BCUT2D eigenvalue weighted by atomic mass is 79.9. The summed E-state index contributed by atoms with van der Waals surface area (Å²) in [5.74, 6) is 0. The topological polar surface area (TPSA) is 24.9 Å². The number of nitrogens with zero attached hydrogens (tertiary/aromatic N) is 1. The fourth-order valence-electron chi connectivity index (χ4n) is 2.36. The van der Waals surface area contributed by atoms with Crippen LogP contribution in [-0.4, -0.2) is 4.98 Å². The van der Waals surface area contributed by atoms with Gasteiger partial charge in [-0.2, -0.15) is 0 Å². The van der Waals surface area contributed by atoms with Gasteiger partial charge in [0.25, 0.3) is 0 Å². The minimum Gasteiger partial charge on any atom is -0.381 e. The summed E-state index contributed by atoms with van der Waals surface area (Å²) >= 11 is 3.49. The van der Waals surface area contributed by atoms with Gasteiger partial charge in [0.2, 0.25) is 0 Å². The second kappa shape index (κ2) is 5.63. The van der Waals surface area contributed by atoms with Gasteiger partial charge < -0.3 is 5.32 Å². The van der Waals surface area contributed by atoms with E-state index in [4.69, 9.17) is 0 Å². The molecule has 0 atom stereocenters. The summed E-state index contributed by atoms with van der Waals surface area (Å²) < 4.78 is 1.11. The van der Waals surface area contributed by atoms with Gasteiger partial charge in [0.1, 0.15) is 0 Å². The average molecular weight is 327 g/mol. The highest BCUT2D eigenvalue weighted by Gasteiger charge is 2.02. The average Bonchev–Trinajstić information content (AvgIpc) is 2.46. The summed E-state index contributed by atoms with van der Waals surface area (Å²) in [5.41, 5.74) is 3.69. The third-order valence-electron chi connectivity index (χ3n) is 3.43. The number of halogens is 1. The molecule has 0 radical (unpaired) electrons. The van der Waals surface area contributed by atoms with Gasteiger partial charge in [0, 0.05) is 34.5 Å². The van der Waals surface area contributed by atoms with E-state index in [1.165, 1.54) is 27.6 Å². The molecule has 1 N–H and O–H groups in total. The lowest BCUT2D eigenvalue weighted by molar-refractivity contribution is 1.15. The van der Waals surface area contributed by atoms with Crippen LogP contribution in [0.3, 0.4) is 0 Å². The Balaban J connectivity index is 1.87. The van der Waals surface area contributed by atoms with E-state index >= 15 is 0 Å². The van der Waals surface area contributed by atoms with Crippen molar-refractivity contribution in [3.63, 3.8) is 0 Å². The molecule has 0 saturated carbocycles. The molecule has 100 valence electrons. The molecule has 0 aliphatic heterocycles. The van der Waals surface area contributed by atoms with Crippen molar-refractivity contribution in [3.05, 3.63) is 70.5 Å². The summed E-state index contributed by atoms with van der Waals surface area (Å²) in [6.45, 7) is 2.92. The molecule has 0 unspecified atom stereocenters. The molecular formula is C17H15BrN2. The van der Waals surface area contributed by atoms with E-state index < -0.39 is 0 Å². The number of benzene rings is 2. The van der Waals surface area contributed by atoms with E-state index in [1.54, 1.807) is 0 Å². The predicted molar refractivity (Wildman–Crippen MR) is 87.9 cm³/mol. The first-order valence-electron chi connectivity index (χ1n) is 6.56. The number of rotatable bonds is 3. The van der Waals surface area contributed by atoms with Crippen molar-refractivity contribution < 1.29 is 0 Å². The molecule has 0 bridgehead atoms.